The molecule has 4 nitrogen and oxygen atoms in total. The topological polar surface area (TPSA) is 24.9 Å². The van der Waals surface area contributed by atoms with Gasteiger partial charge in [-0.15, -0.1) is 0 Å². The predicted octanol–water partition coefficient (Wildman–Crippen LogP) is 31.0. The minimum absolute atomic E-state index is 0. The van der Waals surface area contributed by atoms with Crippen LogP contribution in [0.25, 0.3) is 0 Å². The summed E-state index contributed by atoms with van der Waals surface area (Å²) in [7, 11) is 0. The van der Waals surface area contributed by atoms with E-state index in [0.29, 0.717) is 24.0 Å². The maximum absolute atomic E-state index is 5.87. The van der Waals surface area contributed by atoms with E-state index in [1.54, 1.807) is 0 Å². The molecule has 0 N–H and O–H groups in total. The number of benzene rings is 2. The number of hydrogen-bond donors (Lipinski definition) is 0. The molecule has 2 heterocycles. The van der Waals surface area contributed by atoms with Crippen LogP contribution >= 0.6 is 0 Å². The summed E-state index contributed by atoms with van der Waals surface area (Å²) in [4.78, 5) is 4.80. The van der Waals surface area contributed by atoms with Crippen molar-refractivity contribution in [2.75, 3.05) is 36.0 Å². The summed E-state index contributed by atoms with van der Waals surface area (Å²) >= 11 is 0. The normalized spacial score (nSPS) is 25.2. The van der Waals surface area contributed by atoms with Crippen LogP contribution in [0.5, 0.6) is 11.5 Å². The Morgan fingerprint density at radius 3 is 0.575 bits per heavy atom. The van der Waals surface area contributed by atoms with E-state index < -0.39 is 0 Å². The van der Waals surface area contributed by atoms with Crippen molar-refractivity contribution in [1.29, 1.82) is 0 Å². The summed E-state index contributed by atoms with van der Waals surface area (Å²) in [5.74, 6) is 14.7. The predicted molar refractivity (Wildman–Crippen MR) is 428 cm³/mol. The third-order valence-corrected chi connectivity index (χ3v) is 17.3. The lowest BCUT2D eigenvalue weighted by molar-refractivity contribution is 0.232. The van der Waals surface area contributed by atoms with Crippen LogP contribution < -0.4 is 19.3 Å². The number of nitrogens with zero attached hydrogens (tertiary/aromatic N) is 2. The van der Waals surface area contributed by atoms with E-state index in [1.807, 2.05) is 138 Å². The van der Waals surface area contributed by atoms with Crippen LogP contribution in [0, 0.1) is 71.0 Å². The van der Waals surface area contributed by atoms with Gasteiger partial charge in [0.15, 0.2) is 0 Å². The molecular weight excluding hydrogens is 1060 g/mol. The van der Waals surface area contributed by atoms with E-state index in [1.165, 1.54) is 41.8 Å². The van der Waals surface area contributed by atoms with Gasteiger partial charge in [0.2, 0.25) is 0 Å². The minimum Gasteiger partial charge on any atom is -0.490 e. The van der Waals surface area contributed by atoms with Crippen molar-refractivity contribution in [2.24, 2.45) is 71.0 Å². The number of hydrogen-bond acceptors (Lipinski definition) is 4. The Morgan fingerprint density at radius 1 is 0.287 bits per heavy atom. The Morgan fingerprint density at radius 2 is 0.448 bits per heavy atom. The number of fused-ring (bicyclic) bond motifs is 2. The maximum Gasteiger partial charge on any atom is 0.125 e. The van der Waals surface area contributed by atoms with Gasteiger partial charge in [0.1, 0.15) is 23.7 Å². The Hall–Kier alpha value is -2.36. The van der Waals surface area contributed by atoms with Crippen LogP contribution in [0.3, 0.4) is 0 Å². The van der Waals surface area contributed by atoms with Crippen molar-refractivity contribution in [1.82, 2.24) is 0 Å². The first kappa shape index (κ1) is 126. The lowest BCUT2D eigenvalue weighted by Crippen LogP contribution is -2.23. The second-order valence-electron chi connectivity index (χ2n) is 20.7. The summed E-state index contributed by atoms with van der Waals surface area (Å²) in [6.07, 6.45) is 4.94. The fraction of sp³-hybridized carbons (Fsp3) is 0.855. The molecule has 0 amide bonds. The van der Waals surface area contributed by atoms with Gasteiger partial charge in [0.25, 0.3) is 0 Å². The highest BCUT2D eigenvalue weighted by atomic mass is 16.5. The molecular formula is C83H188N2O2. The summed E-state index contributed by atoms with van der Waals surface area (Å²) < 4.78 is 11.7. The third kappa shape index (κ3) is 43.2. The van der Waals surface area contributed by atoms with Crippen LogP contribution in [-0.4, -0.2) is 38.4 Å². The highest BCUT2D eigenvalue weighted by Crippen LogP contribution is 2.46. The zero-order chi connectivity index (χ0) is 64.5. The lowest BCUT2D eigenvalue weighted by atomic mass is 9.92. The lowest BCUT2D eigenvalue weighted by Gasteiger charge is -2.24. The van der Waals surface area contributed by atoms with Crippen molar-refractivity contribution in [3.8, 4) is 11.5 Å². The maximum atomic E-state index is 5.87. The molecule has 87 heavy (non-hydrogen) atoms. The van der Waals surface area contributed by atoms with Gasteiger partial charge in [0.05, 0.1) is 0 Å². The molecule has 3 saturated carbocycles. The average molecular weight is 1250 g/mol. The molecule has 542 valence electrons. The first-order valence-electron chi connectivity index (χ1n) is 34.8. The first-order valence-corrected chi connectivity index (χ1v) is 34.8. The quantitative estimate of drug-likeness (QED) is 0.288. The molecule has 2 aromatic carbocycles. The molecule has 3 aliphatic carbocycles. The van der Waals surface area contributed by atoms with Gasteiger partial charge in [-0.2, -0.15) is 0 Å². The fourth-order valence-electron chi connectivity index (χ4n) is 11.1. The average Bonchev–Trinajstić information content (AvgIpc) is 4.19. The summed E-state index contributed by atoms with van der Waals surface area (Å²) in [5.41, 5.74) is 5.47. The highest BCUT2D eigenvalue weighted by molar-refractivity contribution is 5.63. The molecule has 0 spiro atoms. The van der Waals surface area contributed by atoms with Crippen molar-refractivity contribution in [3.63, 3.8) is 0 Å². The van der Waals surface area contributed by atoms with Crippen LogP contribution in [0.1, 0.15) is 379 Å². The number of anilines is 2. The number of rotatable bonds is 6. The highest BCUT2D eigenvalue weighted by Gasteiger charge is 2.35. The molecule has 0 bridgehead atoms. The molecule has 0 unspecified atom stereocenters. The van der Waals surface area contributed by atoms with Crippen molar-refractivity contribution >= 4 is 11.4 Å². The smallest absolute Gasteiger partial charge is 0.125 e. The van der Waals surface area contributed by atoms with E-state index in [4.69, 9.17) is 9.47 Å². The molecule has 0 radical (unpaired) electrons. The minimum atomic E-state index is 0. The molecule has 2 aliphatic heterocycles. The van der Waals surface area contributed by atoms with Crippen molar-refractivity contribution in [3.05, 3.63) is 47.5 Å². The van der Waals surface area contributed by atoms with E-state index in [0.717, 1.165) is 109 Å². The Balaban J connectivity index is -0.0000000478. The van der Waals surface area contributed by atoms with E-state index in [-0.39, 0.29) is 59.4 Å². The van der Waals surface area contributed by atoms with Crippen LogP contribution in [-0.2, 0) is 0 Å². The zero-order valence-electron chi connectivity index (χ0n) is 62.4. The summed E-state index contributed by atoms with van der Waals surface area (Å²) in [6.45, 7) is 90.4. The van der Waals surface area contributed by atoms with Gasteiger partial charge in [-0.25, -0.2) is 0 Å². The molecule has 0 saturated heterocycles. The Labute approximate surface area is 563 Å². The largest absolute Gasteiger partial charge is 0.490 e. The zero-order valence-corrected chi connectivity index (χ0v) is 62.4. The standard InChI is InChI=1S/2C14H21NO.3C9H18.10C2H6.8CH4/c2*1-5-15(6-2)12-8-7-9-13-14(12)10(3)11(4)16-13;3*1-6-5-7(2)9(4)8(6)3;10*1-2;;;;;;;;/h2*7-11H,5-6H2,1-4H3;3*6-9H,5H2,1-4H3;10*1-2H3;8*1H4/t2*10-,11+;3*6-,7+,8-,9+;;;;;;;;;;;;;;;;;;/m11...................../s1. The van der Waals surface area contributed by atoms with Gasteiger partial charge < -0.3 is 19.3 Å². The van der Waals surface area contributed by atoms with E-state index in [9.17, 15) is 0 Å². The second kappa shape index (κ2) is 79.7. The van der Waals surface area contributed by atoms with Gasteiger partial charge in [0, 0.05) is 60.5 Å². The molecule has 16 atom stereocenters. The Bertz CT molecular complexity index is 1350. The molecule has 7 rings (SSSR count). The molecule has 0 aromatic heterocycles. The fourth-order valence-corrected chi connectivity index (χ4v) is 11.1. The van der Waals surface area contributed by atoms with Crippen molar-refractivity contribution in [2.45, 2.75) is 380 Å². The van der Waals surface area contributed by atoms with Crippen LogP contribution in [0.2, 0.25) is 0 Å². The molecule has 5 aliphatic rings. The number of ether oxygens (including phenoxy) is 2. The van der Waals surface area contributed by atoms with Gasteiger partial charge >= 0.3 is 0 Å². The van der Waals surface area contributed by atoms with Gasteiger partial charge in [-0.05, 0) is 156 Å². The molecule has 3 fully saturated rings. The Kier molecular flexibility index (Phi) is 115. The monoisotopic (exact) mass is 1250 g/mol. The molecule has 4 heteroatoms. The molecule has 2 aromatic rings. The van der Waals surface area contributed by atoms with Crippen LogP contribution in [0.4, 0.5) is 11.4 Å². The third-order valence-electron chi connectivity index (χ3n) is 17.3. The van der Waals surface area contributed by atoms with E-state index >= 15 is 0 Å². The summed E-state index contributed by atoms with van der Waals surface area (Å²) in [5, 5.41) is 0. The SMILES string of the molecule is C.C.C.C.C.C.C.C.CC.CC.CC.CC.CC.CC.CC.CC.CC.CC.CCN(CC)c1cccc2c1[C@H](C)[C@H](C)O2.CCN(CC)c1cccc2c1[C@H](C)[C@H](C)O2.C[C@@H]1[C@H](C)[C@H](C)C[C@@H]1C.C[C@@H]1[C@H](C)[C@H](C)C[C@@H]1C.C[C@@H]1[C@H](C)[C@H](C)C[C@@H]1C. The van der Waals surface area contributed by atoms with Gasteiger partial charge in [-0.3, -0.25) is 0 Å². The van der Waals surface area contributed by atoms with Crippen LogP contribution in [0.15, 0.2) is 36.4 Å². The van der Waals surface area contributed by atoms with Crippen molar-refractivity contribution < 1.29 is 9.47 Å². The first-order chi connectivity index (χ1) is 37.7. The van der Waals surface area contributed by atoms with E-state index in [2.05, 4.69) is 185 Å². The summed E-state index contributed by atoms with van der Waals surface area (Å²) in [6, 6.07) is 12.8. The second-order valence-corrected chi connectivity index (χ2v) is 20.7. The van der Waals surface area contributed by atoms with Gasteiger partial charge in [-0.1, -0.05) is 307 Å².